The highest BCUT2D eigenvalue weighted by molar-refractivity contribution is 6.00. The van der Waals surface area contributed by atoms with Gasteiger partial charge in [0.25, 0.3) is 0 Å². The molecule has 0 spiro atoms. The summed E-state index contributed by atoms with van der Waals surface area (Å²) in [7, 11) is 1.65. The van der Waals surface area contributed by atoms with Crippen molar-refractivity contribution in [1.82, 2.24) is 10.3 Å². The van der Waals surface area contributed by atoms with Gasteiger partial charge in [-0.3, -0.25) is 9.59 Å². The fourth-order valence-electron chi connectivity index (χ4n) is 4.00. The van der Waals surface area contributed by atoms with Crippen LogP contribution in [0.1, 0.15) is 24.5 Å². The van der Waals surface area contributed by atoms with Crippen molar-refractivity contribution in [3.63, 3.8) is 0 Å². The van der Waals surface area contributed by atoms with E-state index in [0.717, 1.165) is 34.3 Å². The first-order chi connectivity index (χ1) is 14.6. The molecule has 3 aromatic rings. The number of hydrogen-bond donors (Lipinski definition) is 2. The third-order valence-corrected chi connectivity index (χ3v) is 5.82. The molecule has 1 fully saturated rings. The minimum absolute atomic E-state index is 0.00289. The molecule has 2 heterocycles. The van der Waals surface area contributed by atoms with Crippen molar-refractivity contribution in [3.05, 3.63) is 59.8 Å². The number of carbonyl (C=O) groups excluding carboxylic acids is 2. The van der Waals surface area contributed by atoms with Crippen LogP contribution in [0.15, 0.2) is 48.7 Å². The largest absolute Gasteiger partial charge is 0.497 e. The standard InChI is InChI=1S/C24H27N3O3/c1-3-16-4-6-19(7-5-16)27-15-18(12-23(27)28)24(29)25-11-10-17-14-26-22-9-8-20(30-2)13-21(17)22/h4-9,13-14,18,26H,3,10-12,15H2,1-2H3,(H,25,29). The number of benzene rings is 2. The molecule has 30 heavy (non-hydrogen) atoms. The summed E-state index contributed by atoms with van der Waals surface area (Å²) in [6, 6.07) is 13.9. The van der Waals surface area contributed by atoms with E-state index in [2.05, 4.69) is 17.2 Å². The second kappa shape index (κ2) is 8.61. The lowest BCUT2D eigenvalue weighted by Gasteiger charge is -2.17. The quantitative estimate of drug-likeness (QED) is 0.632. The Morgan fingerprint density at radius 3 is 2.77 bits per heavy atom. The summed E-state index contributed by atoms with van der Waals surface area (Å²) < 4.78 is 5.31. The number of carbonyl (C=O) groups is 2. The number of hydrogen-bond acceptors (Lipinski definition) is 3. The first-order valence-electron chi connectivity index (χ1n) is 10.4. The van der Waals surface area contributed by atoms with E-state index in [0.29, 0.717) is 19.5 Å². The van der Waals surface area contributed by atoms with Crippen LogP contribution in [0.3, 0.4) is 0 Å². The van der Waals surface area contributed by atoms with Crippen LogP contribution in [0.2, 0.25) is 0 Å². The topological polar surface area (TPSA) is 74.4 Å². The first kappa shape index (κ1) is 20.0. The molecule has 1 aliphatic heterocycles. The zero-order chi connectivity index (χ0) is 21.1. The zero-order valence-electron chi connectivity index (χ0n) is 17.4. The minimum Gasteiger partial charge on any atom is -0.497 e. The van der Waals surface area contributed by atoms with Crippen molar-refractivity contribution in [1.29, 1.82) is 0 Å². The van der Waals surface area contributed by atoms with Crippen LogP contribution in [-0.2, 0) is 22.4 Å². The van der Waals surface area contributed by atoms with E-state index in [9.17, 15) is 9.59 Å². The Kier molecular flexibility index (Phi) is 5.74. The molecule has 6 nitrogen and oxygen atoms in total. The van der Waals surface area contributed by atoms with Gasteiger partial charge in [-0.05, 0) is 54.3 Å². The highest BCUT2D eigenvalue weighted by Gasteiger charge is 2.34. The highest BCUT2D eigenvalue weighted by atomic mass is 16.5. The Hall–Kier alpha value is -3.28. The average molecular weight is 405 g/mol. The molecule has 0 aliphatic carbocycles. The van der Waals surface area contributed by atoms with E-state index in [4.69, 9.17) is 4.74 Å². The molecule has 6 heteroatoms. The number of ether oxygens (including phenoxy) is 1. The fourth-order valence-corrected chi connectivity index (χ4v) is 4.00. The molecule has 1 atom stereocenters. The van der Waals surface area contributed by atoms with Gasteiger partial charge in [0.15, 0.2) is 0 Å². The Labute approximate surface area is 176 Å². The number of rotatable bonds is 7. The van der Waals surface area contributed by atoms with Crippen LogP contribution >= 0.6 is 0 Å². The smallest absolute Gasteiger partial charge is 0.227 e. The van der Waals surface area contributed by atoms with Gasteiger partial charge in [-0.1, -0.05) is 19.1 Å². The molecule has 2 aromatic carbocycles. The molecule has 2 amide bonds. The van der Waals surface area contributed by atoms with E-state index in [1.165, 1.54) is 5.56 Å². The lowest BCUT2D eigenvalue weighted by molar-refractivity contribution is -0.126. The number of aromatic nitrogens is 1. The van der Waals surface area contributed by atoms with E-state index in [1.807, 2.05) is 48.7 Å². The number of nitrogens with zero attached hydrogens (tertiary/aromatic N) is 1. The van der Waals surface area contributed by atoms with Crippen LogP contribution in [0.25, 0.3) is 10.9 Å². The van der Waals surface area contributed by atoms with Crippen molar-refractivity contribution in [3.8, 4) is 5.75 Å². The summed E-state index contributed by atoms with van der Waals surface area (Å²) in [5.74, 6) is 0.437. The number of aryl methyl sites for hydroxylation is 1. The number of fused-ring (bicyclic) bond motifs is 1. The normalized spacial score (nSPS) is 16.3. The molecule has 0 saturated carbocycles. The predicted molar refractivity (Wildman–Crippen MR) is 118 cm³/mol. The second-order valence-electron chi connectivity index (χ2n) is 7.69. The van der Waals surface area contributed by atoms with Gasteiger partial charge in [-0.25, -0.2) is 0 Å². The van der Waals surface area contributed by atoms with Gasteiger partial charge in [-0.15, -0.1) is 0 Å². The maximum absolute atomic E-state index is 12.6. The van der Waals surface area contributed by atoms with E-state index < -0.39 is 0 Å². The van der Waals surface area contributed by atoms with E-state index in [1.54, 1.807) is 12.0 Å². The van der Waals surface area contributed by atoms with Crippen molar-refractivity contribution in [2.24, 2.45) is 5.92 Å². The summed E-state index contributed by atoms with van der Waals surface area (Å²) >= 11 is 0. The molecule has 0 radical (unpaired) electrons. The first-order valence-corrected chi connectivity index (χ1v) is 10.4. The van der Waals surface area contributed by atoms with Crippen molar-refractivity contribution < 1.29 is 14.3 Å². The van der Waals surface area contributed by atoms with Crippen LogP contribution in [-0.4, -0.2) is 37.0 Å². The second-order valence-corrected chi connectivity index (χ2v) is 7.69. The van der Waals surface area contributed by atoms with Crippen LogP contribution < -0.4 is 15.0 Å². The summed E-state index contributed by atoms with van der Waals surface area (Å²) in [6.45, 7) is 3.06. The number of H-pyrrole nitrogens is 1. The molecule has 1 aliphatic rings. The Balaban J connectivity index is 1.34. The molecule has 156 valence electrons. The molecule has 1 unspecified atom stereocenters. The molecule has 1 saturated heterocycles. The maximum atomic E-state index is 12.6. The Morgan fingerprint density at radius 2 is 2.03 bits per heavy atom. The van der Waals surface area contributed by atoms with Crippen LogP contribution in [0, 0.1) is 5.92 Å². The van der Waals surface area contributed by atoms with E-state index >= 15 is 0 Å². The van der Waals surface area contributed by atoms with Crippen LogP contribution in [0.5, 0.6) is 5.75 Å². The van der Waals surface area contributed by atoms with Crippen LogP contribution in [0.4, 0.5) is 5.69 Å². The lowest BCUT2D eigenvalue weighted by Crippen LogP contribution is -2.34. The number of amides is 2. The van der Waals surface area contributed by atoms with Gasteiger partial charge in [0.2, 0.25) is 11.8 Å². The van der Waals surface area contributed by atoms with Crippen molar-refractivity contribution in [2.45, 2.75) is 26.2 Å². The Morgan fingerprint density at radius 1 is 1.23 bits per heavy atom. The van der Waals surface area contributed by atoms with Gasteiger partial charge in [-0.2, -0.15) is 0 Å². The summed E-state index contributed by atoms with van der Waals surface area (Å²) in [5, 5.41) is 4.10. The summed E-state index contributed by atoms with van der Waals surface area (Å²) in [5.41, 5.74) is 4.27. The molecule has 1 aromatic heterocycles. The number of anilines is 1. The number of nitrogens with one attached hydrogen (secondary N) is 2. The van der Waals surface area contributed by atoms with Gasteiger partial charge < -0.3 is 19.9 Å². The molecule has 2 N–H and O–H groups in total. The molecule has 4 rings (SSSR count). The lowest BCUT2D eigenvalue weighted by atomic mass is 10.1. The number of methoxy groups -OCH3 is 1. The van der Waals surface area contributed by atoms with E-state index in [-0.39, 0.29) is 24.2 Å². The van der Waals surface area contributed by atoms with Crippen molar-refractivity contribution in [2.75, 3.05) is 25.1 Å². The average Bonchev–Trinajstić information content (AvgIpc) is 3.37. The monoisotopic (exact) mass is 405 g/mol. The van der Waals surface area contributed by atoms with Gasteiger partial charge in [0.05, 0.1) is 13.0 Å². The minimum atomic E-state index is -0.314. The fraction of sp³-hybridized carbons (Fsp3) is 0.333. The molecular weight excluding hydrogens is 378 g/mol. The summed E-state index contributed by atoms with van der Waals surface area (Å²) in [4.78, 5) is 30.1. The third kappa shape index (κ3) is 4.03. The highest BCUT2D eigenvalue weighted by Crippen LogP contribution is 2.26. The van der Waals surface area contributed by atoms with Gasteiger partial charge in [0.1, 0.15) is 5.75 Å². The predicted octanol–water partition coefficient (Wildman–Crippen LogP) is 3.45. The van der Waals surface area contributed by atoms with Gasteiger partial charge in [0, 0.05) is 42.3 Å². The SMILES string of the molecule is CCc1ccc(N2CC(C(=O)NCCc3c[nH]c4ccc(OC)cc34)CC2=O)cc1. The van der Waals surface area contributed by atoms with Gasteiger partial charge >= 0.3 is 0 Å². The zero-order valence-corrected chi connectivity index (χ0v) is 17.4. The molecular formula is C24H27N3O3. The summed E-state index contributed by atoms with van der Waals surface area (Å²) in [6.07, 6.45) is 3.90. The van der Waals surface area contributed by atoms with Crippen molar-refractivity contribution >= 4 is 28.4 Å². The molecule has 0 bridgehead atoms. The third-order valence-electron chi connectivity index (χ3n) is 5.82. The maximum Gasteiger partial charge on any atom is 0.227 e. The Bertz CT molecular complexity index is 1060. The number of aromatic amines is 1.